The van der Waals surface area contributed by atoms with E-state index in [2.05, 4.69) is 21.9 Å². The van der Waals surface area contributed by atoms with Crippen molar-refractivity contribution in [2.24, 2.45) is 0 Å². The van der Waals surface area contributed by atoms with Crippen LogP contribution in [-0.2, 0) is 22.3 Å². The molecule has 0 bridgehead atoms. The number of anilines is 1. The Bertz CT molecular complexity index is 1330. The lowest BCUT2D eigenvalue weighted by Gasteiger charge is -2.35. The molecule has 1 aromatic heterocycles. The Labute approximate surface area is 215 Å². The normalized spacial score (nSPS) is 15.7. The van der Waals surface area contributed by atoms with Gasteiger partial charge in [0, 0.05) is 61.3 Å². The summed E-state index contributed by atoms with van der Waals surface area (Å²) in [6.07, 6.45) is -4.33. The number of rotatable bonds is 4. The Morgan fingerprint density at radius 2 is 1.76 bits per heavy atom. The predicted octanol–water partition coefficient (Wildman–Crippen LogP) is 4.18. The van der Waals surface area contributed by atoms with Gasteiger partial charge in [-0.15, -0.1) is 0 Å². The fourth-order valence-corrected chi connectivity index (χ4v) is 4.25. The van der Waals surface area contributed by atoms with Gasteiger partial charge in [0.05, 0.1) is 0 Å². The minimum Gasteiger partial charge on any atom is -0.444 e. The molecule has 13 heteroatoms. The van der Waals surface area contributed by atoms with Crippen molar-refractivity contribution in [2.75, 3.05) is 31.5 Å². The monoisotopic (exact) mass is 535 g/mol. The van der Waals surface area contributed by atoms with Crippen LogP contribution in [0.1, 0.15) is 48.2 Å². The first-order valence-corrected chi connectivity index (χ1v) is 11.7. The SMILES string of the molecule is C=C(F)C(=O)Nc1cc(CN2CCN(C(=O)OC(C)(C)C)CC2)c2c(c1)C(=O)c1nc(C(F)(F)F)ncc1-2. The largest absolute Gasteiger partial charge is 0.451 e. The van der Waals surface area contributed by atoms with Crippen LogP contribution in [0.2, 0.25) is 0 Å². The van der Waals surface area contributed by atoms with Gasteiger partial charge in [0.2, 0.25) is 11.6 Å². The zero-order valence-corrected chi connectivity index (χ0v) is 20.9. The number of fused-ring (bicyclic) bond motifs is 3. The van der Waals surface area contributed by atoms with E-state index in [-0.39, 0.29) is 23.4 Å². The van der Waals surface area contributed by atoms with Crippen molar-refractivity contribution in [3.63, 3.8) is 0 Å². The van der Waals surface area contributed by atoms with E-state index in [0.29, 0.717) is 37.3 Å². The zero-order chi connectivity index (χ0) is 28.0. The minimum absolute atomic E-state index is 0.0123. The molecule has 1 aliphatic heterocycles. The maximum Gasteiger partial charge on any atom is 0.451 e. The van der Waals surface area contributed by atoms with Gasteiger partial charge in [-0.2, -0.15) is 13.2 Å². The summed E-state index contributed by atoms with van der Waals surface area (Å²) in [5.41, 5.74) is -0.00416. The lowest BCUT2D eigenvalue weighted by atomic mass is 9.98. The van der Waals surface area contributed by atoms with E-state index in [0.717, 1.165) is 6.20 Å². The maximum absolute atomic E-state index is 13.3. The van der Waals surface area contributed by atoms with Gasteiger partial charge in [-0.25, -0.2) is 19.2 Å². The van der Waals surface area contributed by atoms with Crippen LogP contribution in [-0.4, -0.2) is 69.3 Å². The number of ether oxygens (including phenoxy) is 1. The molecule has 1 N–H and O–H groups in total. The number of carbonyl (C=O) groups excluding carboxylic acids is 3. The summed E-state index contributed by atoms with van der Waals surface area (Å²) in [5, 5.41) is 2.31. The molecule has 2 amide bonds. The molecule has 38 heavy (non-hydrogen) atoms. The third kappa shape index (κ3) is 5.67. The number of benzene rings is 1. The summed E-state index contributed by atoms with van der Waals surface area (Å²) in [6.45, 7) is 10.1. The molecular weight excluding hydrogens is 510 g/mol. The van der Waals surface area contributed by atoms with Gasteiger partial charge < -0.3 is 15.0 Å². The van der Waals surface area contributed by atoms with Crippen molar-refractivity contribution in [3.05, 3.63) is 53.4 Å². The van der Waals surface area contributed by atoms with Crippen molar-refractivity contribution < 1.29 is 36.7 Å². The van der Waals surface area contributed by atoms with E-state index >= 15 is 0 Å². The first-order valence-electron chi connectivity index (χ1n) is 11.7. The summed E-state index contributed by atoms with van der Waals surface area (Å²) in [4.78, 5) is 47.8. The van der Waals surface area contributed by atoms with Gasteiger partial charge in [0.1, 0.15) is 11.3 Å². The smallest absolute Gasteiger partial charge is 0.444 e. The van der Waals surface area contributed by atoms with E-state index in [1.165, 1.54) is 12.1 Å². The number of nitrogens with one attached hydrogen (secondary N) is 1. The van der Waals surface area contributed by atoms with Crippen LogP contribution >= 0.6 is 0 Å². The molecule has 0 saturated carbocycles. The molecular formula is C25H25F4N5O4. The molecule has 1 aromatic carbocycles. The highest BCUT2D eigenvalue weighted by Gasteiger charge is 2.39. The number of carbonyl (C=O) groups is 3. The summed E-state index contributed by atoms with van der Waals surface area (Å²) in [5.74, 6) is -4.59. The van der Waals surface area contributed by atoms with Gasteiger partial charge in [-0.05, 0) is 38.5 Å². The molecule has 202 valence electrons. The fraction of sp³-hybridized carbons (Fsp3) is 0.400. The molecule has 4 rings (SSSR count). The van der Waals surface area contributed by atoms with Crippen LogP contribution in [0, 0.1) is 0 Å². The van der Waals surface area contributed by atoms with E-state index in [9.17, 15) is 31.9 Å². The number of hydrogen-bond donors (Lipinski definition) is 1. The third-order valence-electron chi connectivity index (χ3n) is 5.91. The van der Waals surface area contributed by atoms with Crippen LogP contribution in [0.25, 0.3) is 11.1 Å². The Morgan fingerprint density at radius 3 is 2.34 bits per heavy atom. The highest BCUT2D eigenvalue weighted by molar-refractivity contribution is 6.21. The van der Waals surface area contributed by atoms with Crippen LogP contribution in [0.3, 0.4) is 0 Å². The molecule has 2 aromatic rings. The maximum atomic E-state index is 13.3. The highest BCUT2D eigenvalue weighted by atomic mass is 19.4. The number of halogens is 4. The highest BCUT2D eigenvalue weighted by Crippen LogP contribution is 2.41. The first kappa shape index (κ1) is 27.2. The standard InChI is InChI=1S/C25H25F4N5O4/c1-13(26)21(36)31-15-9-14(12-33-5-7-34(8-6-33)23(37)38-24(2,3)4)18-16(10-15)20(35)19-17(18)11-30-22(32-19)25(27,28)29/h9-11H,1,5-8,12H2,2-4H3,(H,31,36). The van der Waals surface area contributed by atoms with Crippen molar-refractivity contribution >= 4 is 23.5 Å². The van der Waals surface area contributed by atoms with Crippen molar-refractivity contribution in [2.45, 2.75) is 39.1 Å². The average molecular weight is 535 g/mol. The number of ketones is 1. The first-order chi connectivity index (χ1) is 17.6. The summed E-state index contributed by atoms with van der Waals surface area (Å²) in [7, 11) is 0. The van der Waals surface area contributed by atoms with Crippen molar-refractivity contribution in [1.82, 2.24) is 19.8 Å². The summed E-state index contributed by atoms with van der Waals surface area (Å²) >= 11 is 0. The molecule has 9 nitrogen and oxygen atoms in total. The quantitative estimate of drug-likeness (QED) is 0.395. The van der Waals surface area contributed by atoms with Gasteiger partial charge in [-0.3, -0.25) is 14.5 Å². The number of hydrogen-bond acceptors (Lipinski definition) is 7. The van der Waals surface area contributed by atoms with Gasteiger partial charge in [0.15, 0.2) is 5.83 Å². The average Bonchev–Trinajstić information content (AvgIpc) is 3.09. The molecule has 2 heterocycles. The molecule has 1 aliphatic carbocycles. The summed E-state index contributed by atoms with van der Waals surface area (Å²) in [6, 6.07) is 2.78. The van der Waals surface area contributed by atoms with Crippen LogP contribution in [0.4, 0.5) is 28.0 Å². The zero-order valence-electron chi connectivity index (χ0n) is 20.9. The van der Waals surface area contributed by atoms with Crippen molar-refractivity contribution in [3.8, 4) is 11.1 Å². The van der Waals surface area contributed by atoms with Gasteiger partial charge in [0.25, 0.3) is 5.91 Å². The number of alkyl halides is 3. The van der Waals surface area contributed by atoms with Crippen LogP contribution in [0.5, 0.6) is 0 Å². The molecule has 0 radical (unpaired) electrons. The predicted molar refractivity (Wildman–Crippen MR) is 128 cm³/mol. The minimum atomic E-state index is -4.85. The lowest BCUT2D eigenvalue weighted by molar-refractivity contribution is -0.145. The molecule has 0 unspecified atom stereocenters. The second-order valence-electron chi connectivity index (χ2n) is 9.94. The Balaban J connectivity index is 1.65. The third-order valence-corrected chi connectivity index (χ3v) is 5.91. The fourth-order valence-electron chi connectivity index (χ4n) is 4.25. The Hall–Kier alpha value is -3.87. The number of piperazine rings is 1. The molecule has 1 saturated heterocycles. The number of nitrogens with zero attached hydrogens (tertiary/aromatic N) is 4. The molecule has 1 fully saturated rings. The van der Waals surface area contributed by atoms with E-state index in [4.69, 9.17) is 4.74 Å². The van der Waals surface area contributed by atoms with Crippen LogP contribution < -0.4 is 5.32 Å². The second-order valence-corrected chi connectivity index (χ2v) is 9.94. The number of amides is 2. The van der Waals surface area contributed by atoms with E-state index < -0.39 is 46.9 Å². The molecule has 0 atom stereocenters. The van der Waals surface area contributed by atoms with E-state index in [1.54, 1.807) is 25.7 Å². The number of aromatic nitrogens is 2. The van der Waals surface area contributed by atoms with Gasteiger partial charge >= 0.3 is 12.3 Å². The van der Waals surface area contributed by atoms with Crippen molar-refractivity contribution in [1.29, 1.82) is 0 Å². The van der Waals surface area contributed by atoms with Gasteiger partial charge in [-0.1, -0.05) is 6.58 Å². The molecule has 2 aliphatic rings. The summed E-state index contributed by atoms with van der Waals surface area (Å²) < 4.78 is 58.3. The Morgan fingerprint density at radius 1 is 1.11 bits per heavy atom. The lowest BCUT2D eigenvalue weighted by Crippen LogP contribution is -2.49. The topological polar surface area (TPSA) is 105 Å². The second kappa shape index (κ2) is 9.78. The Kier molecular flexibility index (Phi) is 6.99. The van der Waals surface area contributed by atoms with Crippen LogP contribution in [0.15, 0.2) is 30.7 Å². The van der Waals surface area contributed by atoms with E-state index in [1.807, 2.05) is 4.90 Å². The molecule has 0 spiro atoms.